The van der Waals surface area contributed by atoms with Crippen LogP contribution in [0.2, 0.25) is 0 Å². The van der Waals surface area contributed by atoms with E-state index in [1.165, 1.54) is 0 Å². The van der Waals surface area contributed by atoms with E-state index in [0.29, 0.717) is 17.6 Å². The van der Waals surface area contributed by atoms with Crippen LogP contribution in [0.25, 0.3) is 0 Å². The molecule has 0 bridgehead atoms. The molecule has 1 heterocycles. The number of rotatable bonds is 8. The van der Waals surface area contributed by atoms with E-state index in [2.05, 4.69) is 25.0 Å². The Balaban J connectivity index is 2.14. The first-order valence-electron chi connectivity index (χ1n) is 6.70. The molecule has 0 radical (unpaired) electrons. The zero-order valence-corrected chi connectivity index (χ0v) is 11.6. The van der Waals surface area contributed by atoms with E-state index in [1.807, 2.05) is 0 Å². The Labute approximate surface area is 115 Å². The van der Waals surface area contributed by atoms with E-state index in [0.717, 1.165) is 25.7 Å². The zero-order chi connectivity index (χ0) is 14.3. The van der Waals surface area contributed by atoms with Crippen LogP contribution < -0.4 is 0 Å². The quantitative estimate of drug-likeness (QED) is 0.240. The minimum absolute atomic E-state index is 0.227. The molecule has 3 nitrogen and oxygen atoms in total. The van der Waals surface area contributed by atoms with E-state index in [9.17, 15) is 4.79 Å². The van der Waals surface area contributed by atoms with Crippen LogP contribution in [-0.4, -0.2) is 23.3 Å². The number of terminal acetylenes is 1. The molecule has 1 aliphatic heterocycles. The summed E-state index contributed by atoms with van der Waals surface area (Å²) >= 11 is 0. The number of epoxide rings is 1. The summed E-state index contributed by atoms with van der Waals surface area (Å²) in [6.07, 6.45) is 15.1. The molecule has 3 heteroatoms. The number of unbranched alkanes of at least 4 members (excludes halogenated alkanes) is 1. The molecule has 1 N–H and O–H groups in total. The fourth-order valence-electron chi connectivity index (χ4n) is 1.91. The predicted molar refractivity (Wildman–Crippen MR) is 75.7 cm³/mol. The van der Waals surface area contributed by atoms with Crippen molar-refractivity contribution in [3.05, 3.63) is 23.8 Å². The maximum atomic E-state index is 10.6. The summed E-state index contributed by atoms with van der Waals surface area (Å²) in [5.41, 5.74) is 0.400. The van der Waals surface area contributed by atoms with Gasteiger partial charge in [0.1, 0.15) is 6.10 Å². The summed E-state index contributed by atoms with van der Waals surface area (Å²) in [4.78, 5) is 10.6. The Morgan fingerprint density at radius 3 is 2.89 bits per heavy atom. The smallest absolute Gasteiger partial charge is 0.330 e. The van der Waals surface area contributed by atoms with Gasteiger partial charge in [0.2, 0.25) is 0 Å². The largest absolute Gasteiger partial charge is 0.478 e. The third-order valence-corrected chi connectivity index (χ3v) is 3.17. The third kappa shape index (κ3) is 6.26. The summed E-state index contributed by atoms with van der Waals surface area (Å²) in [6, 6.07) is 0. The Morgan fingerprint density at radius 2 is 2.26 bits per heavy atom. The van der Waals surface area contributed by atoms with Crippen LogP contribution in [0, 0.1) is 18.3 Å². The molecule has 0 saturated carbocycles. The molecule has 0 amide bonds. The lowest BCUT2D eigenvalue weighted by molar-refractivity contribution is -0.132. The molecule has 0 unspecified atom stereocenters. The standard InChI is InChI=1S/C16H22O3/c1-4-8-12(2)11-15-14(19-15)10-7-5-6-9-13(3)16(17)18/h1,7,9-10,12,14-15H,5-6,8,11H2,2-3H3,(H,17,18)/b10-7+,13-9+/t12-,14+,15+/m1/s1. The third-order valence-electron chi connectivity index (χ3n) is 3.17. The Kier molecular flexibility index (Phi) is 6.38. The second-order valence-electron chi connectivity index (χ2n) is 5.09. The first-order valence-corrected chi connectivity index (χ1v) is 6.70. The van der Waals surface area contributed by atoms with Gasteiger partial charge in [-0.25, -0.2) is 4.79 Å². The minimum atomic E-state index is -0.850. The van der Waals surface area contributed by atoms with E-state index in [4.69, 9.17) is 16.3 Å². The van der Waals surface area contributed by atoms with Crippen molar-refractivity contribution in [3.63, 3.8) is 0 Å². The van der Waals surface area contributed by atoms with Crippen LogP contribution in [0.15, 0.2) is 23.8 Å². The normalized spacial score (nSPS) is 24.2. The average Bonchev–Trinajstić information content (AvgIpc) is 3.06. The minimum Gasteiger partial charge on any atom is -0.478 e. The topological polar surface area (TPSA) is 49.8 Å². The average molecular weight is 262 g/mol. The van der Waals surface area contributed by atoms with Crippen LogP contribution in [0.5, 0.6) is 0 Å². The molecule has 0 aromatic rings. The molecule has 3 atom stereocenters. The lowest BCUT2D eigenvalue weighted by atomic mass is 10.0. The monoisotopic (exact) mass is 262 g/mol. The Hall–Kier alpha value is -1.53. The van der Waals surface area contributed by atoms with E-state index in [-0.39, 0.29) is 6.10 Å². The molecule has 1 rings (SSSR count). The van der Waals surface area contributed by atoms with Crippen LogP contribution >= 0.6 is 0 Å². The zero-order valence-electron chi connectivity index (χ0n) is 11.6. The first kappa shape index (κ1) is 15.5. The van der Waals surface area contributed by atoms with Crippen LogP contribution in [0.1, 0.15) is 39.5 Å². The first-order chi connectivity index (χ1) is 9.04. The molecule has 1 fully saturated rings. The fourth-order valence-corrected chi connectivity index (χ4v) is 1.91. The highest BCUT2D eigenvalue weighted by molar-refractivity contribution is 5.85. The second-order valence-corrected chi connectivity index (χ2v) is 5.09. The lowest BCUT2D eigenvalue weighted by Gasteiger charge is -2.02. The number of carboxylic acid groups (broad SMARTS) is 1. The van der Waals surface area contributed by atoms with Gasteiger partial charge in [-0.05, 0) is 32.1 Å². The number of aliphatic carboxylic acids is 1. The molecule has 1 aliphatic rings. The van der Waals surface area contributed by atoms with E-state index < -0.39 is 5.97 Å². The number of hydrogen-bond acceptors (Lipinski definition) is 2. The molecular weight excluding hydrogens is 240 g/mol. The number of carbonyl (C=O) groups is 1. The molecule has 0 aromatic carbocycles. The van der Waals surface area contributed by atoms with Crippen molar-refractivity contribution in [3.8, 4) is 12.3 Å². The van der Waals surface area contributed by atoms with Gasteiger partial charge in [-0.15, -0.1) is 12.3 Å². The van der Waals surface area contributed by atoms with Gasteiger partial charge < -0.3 is 9.84 Å². The van der Waals surface area contributed by atoms with Gasteiger partial charge >= 0.3 is 5.97 Å². The summed E-state index contributed by atoms with van der Waals surface area (Å²) in [7, 11) is 0. The SMILES string of the molecule is C#CC[C@@H](C)C[C@@H]1O[C@H]1/C=C/CC/C=C(\C)C(=O)O. The molecular formula is C16H22O3. The summed E-state index contributed by atoms with van der Waals surface area (Å²) in [6.45, 7) is 3.75. The van der Waals surface area contributed by atoms with Crippen LogP contribution in [0.4, 0.5) is 0 Å². The van der Waals surface area contributed by atoms with E-state index in [1.54, 1.807) is 13.0 Å². The number of carboxylic acids is 1. The van der Waals surface area contributed by atoms with Crippen molar-refractivity contribution >= 4 is 5.97 Å². The highest BCUT2D eigenvalue weighted by atomic mass is 16.6. The molecule has 104 valence electrons. The van der Waals surface area contributed by atoms with Gasteiger partial charge in [-0.2, -0.15) is 0 Å². The Bertz CT molecular complexity index is 401. The van der Waals surface area contributed by atoms with Crippen molar-refractivity contribution in [2.24, 2.45) is 5.92 Å². The van der Waals surface area contributed by atoms with Crippen molar-refractivity contribution in [1.29, 1.82) is 0 Å². The molecule has 0 spiro atoms. The summed E-state index contributed by atoms with van der Waals surface area (Å²) < 4.78 is 5.53. The highest BCUT2D eigenvalue weighted by Crippen LogP contribution is 2.30. The van der Waals surface area contributed by atoms with Crippen molar-refractivity contribution < 1.29 is 14.6 Å². The van der Waals surface area contributed by atoms with Gasteiger partial charge in [0.05, 0.1) is 6.10 Å². The van der Waals surface area contributed by atoms with Gasteiger partial charge in [-0.1, -0.05) is 25.2 Å². The molecule has 19 heavy (non-hydrogen) atoms. The maximum absolute atomic E-state index is 10.6. The fraction of sp³-hybridized carbons (Fsp3) is 0.562. The highest BCUT2D eigenvalue weighted by Gasteiger charge is 2.36. The number of ether oxygens (including phenoxy) is 1. The van der Waals surface area contributed by atoms with Crippen LogP contribution in [0.3, 0.4) is 0 Å². The summed E-state index contributed by atoms with van der Waals surface area (Å²) in [5.74, 6) is 2.33. The van der Waals surface area contributed by atoms with Crippen molar-refractivity contribution in [1.82, 2.24) is 0 Å². The van der Waals surface area contributed by atoms with Crippen LogP contribution in [-0.2, 0) is 9.53 Å². The number of hydrogen-bond donors (Lipinski definition) is 1. The van der Waals surface area contributed by atoms with Gasteiger partial charge in [0.15, 0.2) is 0 Å². The maximum Gasteiger partial charge on any atom is 0.330 e. The lowest BCUT2D eigenvalue weighted by Crippen LogP contribution is -2.00. The second kappa shape index (κ2) is 7.81. The number of allylic oxidation sites excluding steroid dienone is 2. The van der Waals surface area contributed by atoms with Crippen molar-refractivity contribution in [2.45, 2.75) is 51.7 Å². The Morgan fingerprint density at radius 1 is 1.53 bits per heavy atom. The van der Waals surface area contributed by atoms with E-state index >= 15 is 0 Å². The molecule has 1 saturated heterocycles. The van der Waals surface area contributed by atoms with Gasteiger partial charge in [0, 0.05) is 12.0 Å². The predicted octanol–water partition coefficient (Wildman–Crippen LogP) is 3.17. The van der Waals surface area contributed by atoms with Gasteiger partial charge in [-0.3, -0.25) is 0 Å². The molecule has 0 aliphatic carbocycles. The van der Waals surface area contributed by atoms with Crippen molar-refractivity contribution in [2.75, 3.05) is 0 Å². The molecule has 0 aromatic heterocycles. The van der Waals surface area contributed by atoms with Gasteiger partial charge in [0.25, 0.3) is 0 Å². The summed E-state index contributed by atoms with van der Waals surface area (Å²) in [5, 5.41) is 8.68.